The smallest absolute Gasteiger partial charge is 0.0762 e. The van der Waals surface area contributed by atoms with Crippen LogP contribution in [-0.4, -0.2) is 24.7 Å². The third kappa shape index (κ3) is 3.72. The van der Waals surface area contributed by atoms with Gasteiger partial charge in [-0.1, -0.05) is 12.1 Å². The highest BCUT2D eigenvalue weighted by molar-refractivity contribution is 5.46. The largest absolute Gasteiger partial charge is 0.389 e. The number of hydrogen-bond acceptors (Lipinski definition) is 3. The van der Waals surface area contributed by atoms with Gasteiger partial charge in [0.2, 0.25) is 0 Å². The number of nitrogens with one attached hydrogen (secondary N) is 2. The molecule has 3 N–H and O–H groups in total. The molecule has 1 aliphatic rings. The summed E-state index contributed by atoms with van der Waals surface area (Å²) in [6.07, 6.45) is 2.11. The number of hydrogen-bond donors (Lipinski definition) is 3. The van der Waals surface area contributed by atoms with Crippen molar-refractivity contribution in [2.45, 2.75) is 25.9 Å². The van der Waals surface area contributed by atoms with Crippen LogP contribution in [0.4, 0.5) is 5.69 Å². The molecule has 17 heavy (non-hydrogen) atoms. The standard InChI is InChI=1S/C14H22N2O/c1-11(17)13-3-2-4-14(9-13)16-10-12-5-7-15-8-6-12/h2-4,9,11-12,15-17H,5-8,10H2,1H3. The SMILES string of the molecule is CC(O)c1cccc(NCC2CCNCC2)c1. The highest BCUT2D eigenvalue weighted by atomic mass is 16.3. The third-order valence-electron chi connectivity index (χ3n) is 3.42. The van der Waals surface area contributed by atoms with Gasteiger partial charge in [-0.3, -0.25) is 0 Å². The number of aliphatic hydroxyl groups excluding tert-OH is 1. The van der Waals surface area contributed by atoms with E-state index >= 15 is 0 Å². The molecule has 1 heterocycles. The summed E-state index contributed by atoms with van der Waals surface area (Å²) in [6.45, 7) is 5.11. The van der Waals surface area contributed by atoms with Crippen LogP contribution in [0.5, 0.6) is 0 Å². The summed E-state index contributed by atoms with van der Waals surface area (Å²) in [7, 11) is 0. The molecule has 0 aromatic heterocycles. The Balaban J connectivity index is 1.87. The van der Waals surface area contributed by atoms with Crippen LogP contribution in [-0.2, 0) is 0 Å². The lowest BCUT2D eigenvalue weighted by atomic mass is 9.98. The van der Waals surface area contributed by atoms with E-state index in [2.05, 4.69) is 16.7 Å². The quantitative estimate of drug-likeness (QED) is 0.748. The molecule has 1 aliphatic heterocycles. The molecule has 0 amide bonds. The molecule has 1 unspecified atom stereocenters. The van der Waals surface area contributed by atoms with Crippen molar-refractivity contribution in [2.24, 2.45) is 5.92 Å². The van der Waals surface area contributed by atoms with Gasteiger partial charge in [-0.15, -0.1) is 0 Å². The molecule has 1 saturated heterocycles. The lowest BCUT2D eigenvalue weighted by Gasteiger charge is -2.23. The Kier molecular flexibility index (Phi) is 4.40. The van der Waals surface area contributed by atoms with Gasteiger partial charge in [0.25, 0.3) is 0 Å². The van der Waals surface area contributed by atoms with Crippen LogP contribution < -0.4 is 10.6 Å². The molecule has 0 saturated carbocycles. The van der Waals surface area contributed by atoms with Crippen LogP contribution in [0.1, 0.15) is 31.4 Å². The van der Waals surface area contributed by atoms with Gasteiger partial charge >= 0.3 is 0 Å². The van der Waals surface area contributed by atoms with E-state index in [1.54, 1.807) is 6.92 Å². The maximum atomic E-state index is 9.53. The molecule has 0 aliphatic carbocycles. The Morgan fingerprint density at radius 1 is 1.41 bits per heavy atom. The summed E-state index contributed by atoms with van der Waals surface area (Å²) in [4.78, 5) is 0. The highest BCUT2D eigenvalue weighted by Crippen LogP contribution is 2.18. The van der Waals surface area contributed by atoms with Crippen molar-refractivity contribution in [3.63, 3.8) is 0 Å². The molecular weight excluding hydrogens is 212 g/mol. The van der Waals surface area contributed by atoms with Gasteiger partial charge in [0.15, 0.2) is 0 Å². The van der Waals surface area contributed by atoms with Gasteiger partial charge in [-0.25, -0.2) is 0 Å². The third-order valence-corrected chi connectivity index (χ3v) is 3.42. The van der Waals surface area contributed by atoms with Crippen LogP contribution in [0.3, 0.4) is 0 Å². The number of aliphatic hydroxyl groups is 1. The molecule has 1 fully saturated rings. The predicted molar refractivity (Wildman–Crippen MR) is 71.2 cm³/mol. The second-order valence-corrected chi connectivity index (χ2v) is 4.88. The van der Waals surface area contributed by atoms with Crippen molar-refractivity contribution < 1.29 is 5.11 Å². The van der Waals surface area contributed by atoms with E-state index in [1.807, 2.05) is 18.2 Å². The lowest BCUT2D eigenvalue weighted by molar-refractivity contribution is 0.199. The summed E-state index contributed by atoms with van der Waals surface area (Å²) in [5.41, 5.74) is 2.09. The Bertz CT molecular complexity index is 346. The minimum atomic E-state index is -0.393. The summed E-state index contributed by atoms with van der Waals surface area (Å²) >= 11 is 0. The molecule has 0 spiro atoms. The molecule has 1 aromatic rings. The Morgan fingerprint density at radius 3 is 2.88 bits per heavy atom. The van der Waals surface area contributed by atoms with E-state index < -0.39 is 6.10 Å². The van der Waals surface area contributed by atoms with E-state index in [4.69, 9.17) is 0 Å². The molecule has 0 radical (unpaired) electrons. The van der Waals surface area contributed by atoms with Gasteiger partial charge < -0.3 is 15.7 Å². The lowest BCUT2D eigenvalue weighted by Crippen LogP contribution is -2.31. The topological polar surface area (TPSA) is 44.3 Å². The minimum Gasteiger partial charge on any atom is -0.389 e. The first-order valence-corrected chi connectivity index (χ1v) is 6.48. The Labute approximate surface area is 103 Å². The fourth-order valence-electron chi connectivity index (χ4n) is 2.26. The van der Waals surface area contributed by atoms with Crippen LogP contribution in [0.25, 0.3) is 0 Å². The minimum absolute atomic E-state index is 0.393. The van der Waals surface area contributed by atoms with Crippen LogP contribution in [0.2, 0.25) is 0 Å². The zero-order valence-corrected chi connectivity index (χ0v) is 10.4. The summed E-state index contributed by atoms with van der Waals surface area (Å²) in [5.74, 6) is 0.770. The van der Waals surface area contributed by atoms with Gasteiger partial charge in [-0.05, 0) is 56.5 Å². The summed E-state index contributed by atoms with van der Waals surface area (Å²) < 4.78 is 0. The number of anilines is 1. The first kappa shape index (κ1) is 12.4. The van der Waals surface area contributed by atoms with Crippen LogP contribution in [0, 0.1) is 5.92 Å². The molecule has 94 valence electrons. The highest BCUT2D eigenvalue weighted by Gasteiger charge is 2.12. The number of benzene rings is 1. The molecule has 1 atom stereocenters. The average molecular weight is 234 g/mol. The predicted octanol–water partition coefficient (Wildman–Crippen LogP) is 2.15. The first-order chi connectivity index (χ1) is 8.25. The summed E-state index contributed by atoms with van der Waals surface area (Å²) in [5, 5.41) is 16.4. The molecular formula is C14H22N2O. The van der Waals surface area contributed by atoms with Crippen molar-refractivity contribution in [2.75, 3.05) is 25.0 Å². The zero-order chi connectivity index (χ0) is 12.1. The van der Waals surface area contributed by atoms with Gasteiger partial charge in [0.1, 0.15) is 0 Å². The van der Waals surface area contributed by atoms with Crippen molar-refractivity contribution in [1.29, 1.82) is 0 Å². The van der Waals surface area contributed by atoms with Gasteiger partial charge in [0.05, 0.1) is 6.10 Å². The van der Waals surface area contributed by atoms with Crippen molar-refractivity contribution in [1.82, 2.24) is 5.32 Å². The second-order valence-electron chi connectivity index (χ2n) is 4.88. The maximum Gasteiger partial charge on any atom is 0.0762 e. The monoisotopic (exact) mass is 234 g/mol. The number of rotatable bonds is 4. The van der Waals surface area contributed by atoms with E-state index in [0.717, 1.165) is 36.8 Å². The van der Waals surface area contributed by atoms with Crippen molar-refractivity contribution in [3.8, 4) is 0 Å². The van der Waals surface area contributed by atoms with Crippen LogP contribution in [0.15, 0.2) is 24.3 Å². The van der Waals surface area contributed by atoms with E-state index in [-0.39, 0.29) is 0 Å². The first-order valence-electron chi connectivity index (χ1n) is 6.48. The van der Waals surface area contributed by atoms with Crippen molar-refractivity contribution in [3.05, 3.63) is 29.8 Å². The molecule has 2 rings (SSSR count). The van der Waals surface area contributed by atoms with Crippen molar-refractivity contribution >= 4 is 5.69 Å². The average Bonchev–Trinajstić information content (AvgIpc) is 2.38. The Morgan fingerprint density at radius 2 is 2.18 bits per heavy atom. The fraction of sp³-hybridized carbons (Fsp3) is 0.571. The van der Waals surface area contributed by atoms with E-state index in [1.165, 1.54) is 12.8 Å². The van der Waals surface area contributed by atoms with Gasteiger partial charge in [0, 0.05) is 12.2 Å². The fourth-order valence-corrected chi connectivity index (χ4v) is 2.26. The molecule has 1 aromatic carbocycles. The second kappa shape index (κ2) is 6.03. The molecule has 3 nitrogen and oxygen atoms in total. The maximum absolute atomic E-state index is 9.53. The number of piperidine rings is 1. The zero-order valence-electron chi connectivity index (χ0n) is 10.4. The van der Waals surface area contributed by atoms with Crippen LogP contribution >= 0.6 is 0 Å². The molecule has 3 heteroatoms. The van der Waals surface area contributed by atoms with Gasteiger partial charge in [-0.2, -0.15) is 0 Å². The molecule has 0 bridgehead atoms. The normalized spacial score (nSPS) is 18.9. The van der Waals surface area contributed by atoms with E-state index in [0.29, 0.717) is 0 Å². The van der Waals surface area contributed by atoms with E-state index in [9.17, 15) is 5.11 Å². The Hall–Kier alpha value is -1.06. The summed E-state index contributed by atoms with van der Waals surface area (Å²) in [6, 6.07) is 8.05.